The highest BCUT2D eigenvalue weighted by atomic mass is 16.3. The number of para-hydroxylation sites is 4. The number of nitrogens with zero attached hydrogens (tertiary/aromatic N) is 4. The molecule has 4 aromatic heterocycles. The molecule has 0 fully saturated rings. The van der Waals surface area contributed by atoms with Gasteiger partial charge in [0.2, 0.25) is 0 Å². The molecule has 0 atom stereocenters. The maximum absolute atomic E-state index is 6.43. The molecular formula is C58H44N4O. The van der Waals surface area contributed by atoms with E-state index in [1.807, 2.05) is 74.5 Å². The number of furan rings is 1. The zero-order valence-corrected chi connectivity index (χ0v) is 35.2. The third-order valence-corrected chi connectivity index (χ3v) is 11.7. The Morgan fingerprint density at radius 3 is 1.44 bits per heavy atom. The van der Waals surface area contributed by atoms with E-state index >= 15 is 0 Å². The summed E-state index contributed by atoms with van der Waals surface area (Å²) in [7, 11) is 0. The summed E-state index contributed by atoms with van der Waals surface area (Å²) in [5, 5.41) is 5.90. The van der Waals surface area contributed by atoms with E-state index in [2.05, 4.69) is 168 Å². The fourth-order valence-electron chi connectivity index (χ4n) is 8.71. The first kappa shape index (κ1) is 38.9. The first-order chi connectivity index (χ1) is 31.2. The standard InChI is InChI=1S/C52H32N4O.C4H8.C2H4/c1-3-13-34(14-4-1)52-53-49(51-50(54-52)41-19-9-12-22-48(41)57-51)33-23-27-38(28-24-33)56-45-21-11-8-18-40(45)43-32-36(26-30-47(43)56)35-25-29-46-42(31-35)39-17-7-10-20-44(39)55(46)37-15-5-2-6-16-37;1-3-4-2;1-2/h1-32H;3-4H,1-2H3;1-2H2/b;4-3-;. The molecular weight excluding hydrogens is 769 g/mol. The van der Waals surface area contributed by atoms with Crippen LogP contribution in [0.1, 0.15) is 13.8 Å². The van der Waals surface area contributed by atoms with Crippen LogP contribution in [0.5, 0.6) is 0 Å². The van der Waals surface area contributed by atoms with Gasteiger partial charge in [0, 0.05) is 49.4 Å². The summed E-state index contributed by atoms with van der Waals surface area (Å²) in [4.78, 5) is 10.1. The fourth-order valence-corrected chi connectivity index (χ4v) is 8.71. The van der Waals surface area contributed by atoms with Crippen molar-refractivity contribution in [3.8, 4) is 45.1 Å². The minimum Gasteiger partial charge on any atom is -0.452 e. The first-order valence-corrected chi connectivity index (χ1v) is 21.2. The molecule has 5 nitrogen and oxygen atoms in total. The summed E-state index contributed by atoms with van der Waals surface area (Å²) < 4.78 is 11.2. The highest BCUT2D eigenvalue weighted by molar-refractivity contribution is 6.13. The predicted octanol–water partition coefficient (Wildman–Crippen LogP) is 16.0. The average molecular weight is 813 g/mol. The van der Waals surface area contributed by atoms with Crippen LogP contribution in [-0.2, 0) is 0 Å². The Labute approximate surface area is 366 Å². The van der Waals surface area contributed by atoms with Gasteiger partial charge in [-0.25, -0.2) is 9.97 Å². The number of allylic oxidation sites excluding steroid dienone is 2. The Morgan fingerprint density at radius 2 is 0.873 bits per heavy atom. The van der Waals surface area contributed by atoms with E-state index in [1.54, 1.807) is 0 Å². The maximum atomic E-state index is 6.43. The van der Waals surface area contributed by atoms with Crippen LogP contribution >= 0.6 is 0 Å². The Balaban J connectivity index is 0.000000746. The minimum atomic E-state index is 0.674. The molecule has 0 spiro atoms. The van der Waals surface area contributed by atoms with Crippen LogP contribution in [0, 0.1) is 0 Å². The molecule has 0 unspecified atom stereocenters. The Morgan fingerprint density at radius 1 is 0.413 bits per heavy atom. The second-order valence-electron chi connectivity index (χ2n) is 15.3. The van der Waals surface area contributed by atoms with E-state index in [4.69, 9.17) is 14.4 Å². The van der Waals surface area contributed by atoms with Gasteiger partial charge in [0.1, 0.15) is 16.8 Å². The molecule has 0 N–H and O–H groups in total. The van der Waals surface area contributed by atoms with Gasteiger partial charge < -0.3 is 13.6 Å². The molecule has 0 saturated heterocycles. The summed E-state index contributed by atoms with van der Waals surface area (Å²) in [6, 6.07) is 68.6. The second-order valence-corrected chi connectivity index (χ2v) is 15.3. The molecule has 0 bridgehead atoms. The van der Waals surface area contributed by atoms with Crippen LogP contribution in [0.4, 0.5) is 0 Å². The molecule has 8 aromatic carbocycles. The first-order valence-electron chi connectivity index (χ1n) is 21.2. The zero-order valence-electron chi connectivity index (χ0n) is 35.2. The van der Waals surface area contributed by atoms with Gasteiger partial charge in [0.05, 0.1) is 22.1 Å². The van der Waals surface area contributed by atoms with Crippen molar-refractivity contribution in [2.75, 3.05) is 0 Å². The van der Waals surface area contributed by atoms with Gasteiger partial charge in [-0.05, 0) is 97.8 Å². The van der Waals surface area contributed by atoms with Crippen LogP contribution in [0.25, 0.3) is 111 Å². The van der Waals surface area contributed by atoms with E-state index in [1.165, 1.54) is 43.7 Å². The van der Waals surface area contributed by atoms with Crippen LogP contribution in [0.2, 0.25) is 0 Å². The lowest BCUT2D eigenvalue weighted by Crippen LogP contribution is -1.96. The molecule has 12 aromatic rings. The molecule has 0 radical (unpaired) electrons. The second kappa shape index (κ2) is 16.6. The lowest BCUT2D eigenvalue weighted by molar-refractivity contribution is 0.667. The predicted molar refractivity (Wildman–Crippen MR) is 266 cm³/mol. The summed E-state index contributed by atoms with van der Waals surface area (Å²) in [5.74, 6) is 0.674. The fraction of sp³-hybridized carbons (Fsp3) is 0.0345. The van der Waals surface area contributed by atoms with Crippen LogP contribution in [0.3, 0.4) is 0 Å². The van der Waals surface area contributed by atoms with E-state index < -0.39 is 0 Å². The van der Waals surface area contributed by atoms with Crippen molar-refractivity contribution in [2.24, 2.45) is 0 Å². The highest BCUT2D eigenvalue weighted by Crippen LogP contribution is 2.40. The molecule has 0 aliphatic carbocycles. The number of fused-ring (bicyclic) bond motifs is 9. The smallest absolute Gasteiger partial charge is 0.180 e. The lowest BCUT2D eigenvalue weighted by atomic mass is 10.0. The van der Waals surface area contributed by atoms with Crippen molar-refractivity contribution in [2.45, 2.75) is 13.8 Å². The SMILES string of the molecule is C/C=C\C.C=C.c1ccc(-c2nc(-c3ccc(-n4c5ccccc5c5cc(-c6ccc7c(c6)c6ccccc6n7-c6ccccc6)ccc54)cc3)c3oc4ccccc4c3n2)cc1. The number of aromatic nitrogens is 4. The lowest BCUT2D eigenvalue weighted by Gasteiger charge is -2.11. The molecule has 0 aliphatic rings. The number of hydrogen-bond donors (Lipinski definition) is 0. The van der Waals surface area contributed by atoms with Gasteiger partial charge in [0.25, 0.3) is 0 Å². The van der Waals surface area contributed by atoms with Gasteiger partial charge in [0.15, 0.2) is 11.4 Å². The van der Waals surface area contributed by atoms with Gasteiger partial charge in [-0.3, -0.25) is 0 Å². The van der Waals surface area contributed by atoms with Crippen molar-refractivity contribution in [3.63, 3.8) is 0 Å². The van der Waals surface area contributed by atoms with E-state index in [-0.39, 0.29) is 0 Å². The molecule has 0 saturated carbocycles. The van der Waals surface area contributed by atoms with E-state index in [0.29, 0.717) is 11.4 Å². The summed E-state index contributed by atoms with van der Waals surface area (Å²) in [6.45, 7) is 10.0. The summed E-state index contributed by atoms with van der Waals surface area (Å²) in [5.41, 5.74) is 14.4. The van der Waals surface area contributed by atoms with Gasteiger partial charge >= 0.3 is 0 Å². The van der Waals surface area contributed by atoms with Gasteiger partial charge in [-0.1, -0.05) is 133 Å². The van der Waals surface area contributed by atoms with Gasteiger partial charge in [-0.2, -0.15) is 0 Å². The van der Waals surface area contributed by atoms with Crippen molar-refractivity contribution >= 4 is 65.7 Å². The number of rotatable bonds is 5. The molecule has 302 valence electrons. The Bertz CT molecular complexity index is 3610. The highest BCUT2D eigenvalue weighted by Gasteiger charge is 2.20. The number of hydrogen-bond acceptors (Lipinski definition) is 3. The molecule has 4 heterocycles. The molecule has 63 heavy (non-hydrogen) atoms. The normalized spacial score (nSPS) is 11.4. The number of benzene rings is 8. The van der Waals surface area contributed by atoms with Crippen molar-refractivity contribution in [3.05, 3.63) is 219 Å². The van der Waals surface area contributed by atoms with Crippen molar-refractivity contribution < 1.29 is 4.42 Å². The zero-order chi connectivity index (χ0) is 42.9. The molecule has 0 amide bonds. The monoisotopic (exact) mass is 812 g/mol. The van der Waals surface area contributed by atoms with Crippen LogP contribution in [0.15, 0.2) is 224 Å². The topological polar surface area (TPSA) is 48.8 Å². The van der Waals surface area contributed by atoms with Crippen molar-refractivity contribution in [1.29, 1.82) is 0 Å². The minimum absolute atomic E-state index is 0.674. The van der Waals surface area contributed by atoms with Gasteiger partial charge in [-0.15, -0.1) is 13.2 Å². The average Bonchev–Trinajstić information content (AvgIpc) is 4.02. The Kier molecular flexibility index (Phi) is 10.3. The summed E-state index contributed by atoms with van der Waals surface area (Å²) >= 11 is 0. The van der Waals surface area contributed by atoms with E-state index in [0.717, 1.165) is 55.7 Å². The molecule has 5 heteroatoms. The summed E-state index contributed by atoms with van der Waals surface area (Å²) in [6.07, 6.45) is 4.00. The van der Waals surface area contributed by atoms with E-state index in [9.17, 15) is 0 Å². The van der Waals surface area contributed by atoms with Crippen LogP contribution in [-0.4, -0.2) is 19.1 Å². The third kappa shape index (κ3) is 6.77. The maximum Gasteiger partial charge on any atom is 0.180 e. The molecule has 12 rings (SSSR count). The Hall–Kier alpha value is -8.28. The van der Waals surface area contributed by atoms with Crippen molar-refractivity contribution in [1.82, 2.24) is 19.1 Å². The largest absolute Gasteiger partial charge is 0.452 e. The molecule has 0 aliphatic heterocycles. The van der Waals surface area contributed by atoms with Crippen LogP contribution < -0.4 is 0 Å². The third-order valence-electron chi connectivity index (χ3n) is 11.7. The quantitative estimate of drug-likeness (QED) is 0.163.